The summed E-state index contributed by atoms with van der Waals surface area (Å²) >= 11 is 1.61. The minimum atomic E-state index is -0.217. The van der Waals surface area contributed by atoms with E-state index < -0.39 is 0 Å². The van der Waals surface area contributed by atoms with Gasteiger partial charge >= 0.3 is 6.03 Å². The smallest absolute Gasteiger partial charge is 0.315 e. The van der Waals surface area contributed by atoms with Gasteiger partial charge in [-0.15, -0.1) is 11.3 Å². The lowest BCUT2D eigenvalue weighted by molar-refractivity contribution is 0.237. The number of nitrogens with zero attached hydrogens (tertiary/aromatic N) is 1. The number of benzene rings is 1. The van der Waals surface area contributed by atoms with Gasteiger partial charge in [0.1, 0.15) is 0 Å². The first-order valence-corrected chi connectivity index (χ1v) is 9.04. The van der Waals surface area contributed by atoms with Crippen molar-refractivity contribution >= 4 is 17.4 Å². The molecule has 2 aromatic rings. The van der Waals surface area contributed by atoms with Crippen LogP contribution in [0.3, 0.4) is 0 Å². The lowest BCUT2D eigenvalue weighted by Crippen LogP contribution is -2.36. The fourth-order valence-electron chi connectivity index (χ4n) is 2.54. The number of aryl methyl sites for hydroxylation is 2. The maximum Gasteiger partial charge on any atom is 0.315 e. The molecule has 0 fully saturated rings. The van der Waals surface area contributed by atoms with Crippen LogP contribution in [0.5, 0.6) is 11.5 Å². The Morgan fingerprint density at radius 1 is 1.32 bits per heavy atom. The molecule has 6 nitrogen and oxygen atoms in total. The normalized spacial score (nSPS) is 11.7. The molecule has 1 unspecified atom stereocenters. The second kappa shape index (κ2) is 8.71. The van der Waals surface area contributed by atoms with Gasteiger partial charge in [-0.1, -0.05) is 6.07 Å². The molecule has 2 amide bonds. The summed E-state index contributed by atoms with van der Waals surface area (Å²) in [6.07, 6.45) is 0. The van der Waals surface area contributed by atoms with Crippen molar-refractivity contribution in [1.82, 2.24) is 15.6 Å². The number of amides is 2. The van der Waals surface area contributed by atoms with Gasteiger partial charge in [0.25, 0.3) is 0 Å². The molecule has 0 spiro atoms. The molecular weight excluding hydrogens is 338 g/mol. The maximum absolute atomic E-state index is 12.1. The van der Waals surface area contributed by atoms with Gasteiger partial charge in [0.2, 0.25) is 0 Å². The molecule has 136 valence electrons. The molecule has 0 bridgehead atoms. The maximum atomic E-state index is 12.1. The third kappa shape index (κ3) is 5.09. The predicted octanol–water partition coefficient (Wildman–Crippen LogP) is 3.73. The average Bonchev–Trinajstić information content (AvgIpc) is 2.92. The van der Waals surface area contributed by atoms with E-state index in [2.05, 4.69) is 15.6 Å². The molecule has 1 heterocycles. The Bertz CT molecular complexity index is 730. The first-order chi connectivity index (χ1) is 11.9. The fraction of sp³-hybridized carbons (Fsp3) is 0.444. The van der Waals surface area contributed by atoms with Gasteiger partial charge in [-0.05, 0) is 45.4 Å². The summed E-state index contributed by atoms with van der Waals surface area (Å²) in [5.74, 6) is 1.36. The van der Waals surface area contributed by atoms with Crippen molar-refractivity contribution in [3.05, 3.63) is 39.3 Å². The minimum absolute atomic E-state index is 0.0823. The van der Waals surface area contributed by atoms with E-state index >= 15 is 0 Å². The molecule has 25 heavy (non-hydrogen) atoms. The molecule has 7 heteroatoms. The van der Waals surface area contributed by atoms with Crippen LogP contribution in [0.25, 0.3) is 0 Å². The van der Waals surface area contributed by atoms with Crippen LogP contribution in [0.2, 0.25) is 0 Å². The second-order valence-corrected chi connectivity index (χ2v) is 6.88. The predicted molar refractivity (Wildman–Crippen MR) is 99.5 cm³/mol. The Morgan fingerprint density at radius 3 is 2.68 bits per heavy atom. The number of aromatic nitrogens is 1. The molecule has 0 saturated heterocycles. The van der Waals surface area contributed by atoms with Crippen molar-refractivity contribution in [2.75, 3.05) is 13.7 Å². The Kier molecular flexibility index (Phi) is 6.64. The first kappa shape index (κ1) is 19.1. The Balaban J connectivity index is 1.92. The van der Waals surface area contributed by atoms with Gasteiger partial charge < -0.3 is 20.1 Å². The summed E-state index contributed by atoms with van der Waals surface area (Å²) in [7, 11) is 1.60. The first-order valence-electron chi connectivity index (χ1n) is 8.22. The number of nitrogens with one attached hydrogen (secondary N) is 2. The summed E-state index contributed by atoms with van der Waals surface area (Å²) in [5.41, 5.74) is 1.90. The minimum Gasteiger partial charge on any atom is -0.493 e. The molecule has 2 rings (SSSR count). The zero-order chi connectivity index (χ0) is 18.4. The van der Waals surface area contributed by atoms with Crippen molar-refractivity contribution in [3.63, 3.8) is 0 Å². The third-order valence-corrected chi connectivity index (χ3v) is 4.92. The largest absolute Gasteiger partial charge is 0.493 e. The number of hydrogen-bond acceptors (Lipinski definition) is 5. The number of thiazole rings is 1. The fourth-order valence-corrected chi connectivity index (χ4v) is 3.47. The Morgan fingerprint density at radius 2 is 2.08 bits per heavy atom. The second-order valence-electron chi connectivity index (χ2n) is 5.65. The molecular formula is C18H25N3O3S. The van der Waals surface area contributed by atoms with Crippen LogP contribution in [0.4, 0.5) is 4.79 Å². The van der Waals surface area contributed by atoms with E-state index in [0.29, 0.717) is 24.7 Å². The van der Waals surface area contributed by atoms with E-state index in [9.17, 15) is 4.79 Å². The highest BCUT2D eigenvalue weighted by atomic mass is 32.1. The highest BCUT2D eigenvalue weighted by molar-refractivity contribution is 7.11. The monoisotopic (exact) mass is 363 g/mol. The summed E-state index contributed by atoms with van der Waals surface area (Å²) < 4.78 is 10.8. The number of carbonyl (C=O) groups excluding carboxylic acids is 1. The molecule has 0 radical (unpaired) electrons. The zero-order valence-electron chi connectivity index (χ0n) is 15.3. The van der Waals surface area contributed by atoms with Crippen LogP contribution in [0, 0.1) is 13.8 Å². The summed E-state index contributed by atoms with van der Waals surface area (Å²) in [6, 6.07) is 5.33. The summed E-state index contributed by atoms with van der Waals surface area (Å²) in [5, 5.41) is 6.81. The zero-order valence-corrected chi connectivity index (χ0v) is 16.1. The number of methoxy groups -OCH3 is 1. The molecule has 1 atom stereocenters. The van der Waals surface area contributed by atoms with E-state index in [1.54, 1.807) is 18.4 Å². The van der Waals surface area contributed by atoms with E-state index in [4.69, 9.17) is 9.47 Å². The van der Waals surface area contributed by atoms with Crippen molar-refractivity contribution in [1.29, 1.82) is 0 Å². The number of urea groups is 1. The van der Waals surface area contributed by atoms with Gasteiger partial charge in [-0.2, -0.15) is 0 Å². The van der Waals surface area contributed by atoms with Crippen LogP contribution in [-0.4, -0.2) is 24.7 Å². The molecule has 0 saturated carbocycles. The number of ether oxygens (including phenoxy) is 2. The van der Waals surface area contributed by atoms with Crippen molar-refractivity contribution in [3.8, 4) is 11.5 Å². The lowest BCUT2D eigenvalue weighted by Gasteiger charge is -2.15. The van der Waals surface area contributed by atoms with Gasteiger partial charge in [-0.25, -0.2) is 9.78 Å². The van der Waals surface area contributed by atoms with Crippen LogP contribution in [0.1, 0.15) is 41.0 Å². The van der Waals surface area contributed by atoms with E-state index in [1.165, 1.54) is 0 Å². The number of hydrogen-bond donors (Lipinski definition) is 2. The standard InChI is InChI=1S/C18H25N3O3S/c1-6-24-15-8-7-14(9-16(15)23-5)10-19-18(22)21-12(3)17-11(2)20-13(4)25-17/h7-9,12H,6,10H2,1-5H3,(H2,19,21,22). The van der Waals surface area contributed by atoms with E-state index in [1.807, 2.05) is 45.9 Å². The van der Waals surface area contributed by atoms with Crippen molar-refractivity contribution in [2.45, 2.75) is 40.3 Å². The van der Waals surface area contributed by atoms with Crippen LogP contribution in [-0.2, 0) is 6.54 Å². The molecule has 0 aliphatic heterocycles. The SMILES string of the molecule is CCOc1ccc(CNC(=O)NC(C)c2sc(C)nc2C)cc1OC. The molecule has 1 aromatic heterocycles. The molecule has 1 aromatic carbocycles. The molecule has 2 N–H and O–H groups in total. The summed E-state index contributed by atoms with van der Waals surface area (Å²) in [6.45, 7) is 8.79. The highest BCUT2D eigenvalue weighted by Crippen LogP contribution is 2.28. The van der Waals surface area contributed by atoms with Crippen LogP contribution in [0.15, 0.2) is 18.2 Å². The van der Waals surface area contributed by atoms with Gasteiger partial charge in [0.15, 0.2) is 11.5 Å². The number of rotatable bonds is 7. The van der Waals surface area contributed by atoms with Gasteiger partial charge in [0, 0.05) is 11.4 Å². The van der Waals surface area contributed by atoms with E-state index in [0.717, 1.165) is 21.1 Å². The Hall–Kier alpha value is -2.28. The molecule has 0 aliphatic carbocycles. The Labute approximate surface area is 152 Å². The van der Waals surface area contributed by atoms with Gasteiger partial charge in [0.05, 0.1) is 30.5 Å². The quantitative estimate of drug-likeness (QED) is 0.786. The third-order valence-electron chi connectivity index (χ3n) is 3.66. The van der Waals surface area contributed by atoms with Gasteiger partial charge in [-0.3, -0.25) is 0 Å². The highest BCUT2D eigenvalue weighted by Gasteiger charge is 2.15. The van der Waals surface area contributed by atoms with Crippen molar-refractivity contribution < 1.29 is 14.3 Å². The van der Waals surface area contributed by atoms with Crippen LogP contribution >= 0.6 is 11.3 Å². The average molecular weight is 363 g/mol. The van der Waals surface area contributed by atoms with Crippen LogP contribution < -0.4 is 20.1 Å². The van der Waals surface area contributed by atoms with Crippen molar-refractivity contribution in [2.24, 2.45) is 0 Å². The molecule has 0 aliphatic rings. The summed E-state index contributed by atoms with van der Waals surface area (Å²) in [4.78, 5) is 17.6. The number of carbonyl (C=O) groups is 1. The topological polar surface area (TPSA) is 72.5 Å². The lowest BCUT2D eigenvalue weighted by atomic mass is 10.2. The van der Waals surface area contributed by atoms with E-state index in [-0.39, 0.29) is 12.1 Å².